The maximum atomic E-state index is 12.9. The molecule has 2 aromatic rings. The summed E-state index contributed by atoms with van der Waals surface area (Å²) < 4.78 is 27.5. The lowest BCUT2D eigenvalue weighted by Crippen LogP contribution is -2.44. The Hall–Kier alpha value is -1.65. The van der Waals surface area contributed by atoms with Gasteiger partial charge in [-0.05, 0) is 42.5 Å². The molecule has 2 aromatic carbocycles. The van der Waals surface area contributed by atoms with Crippen molar-refractivity contribution in [3.8, 4) is 0 Å². The third-order valence-corrected chi connectivity index (χ3v) is 6.59. The Morgan fingerprint density at radius 3 is 2.76 bits per heavy atom. The summed E-state index contributed by atoms with van der Waals surface area (Å²) in [4.78, 5) is 0.490. The Morgan fingerprint density at radius 2 is 1.90 bits per heavy atom. The van der Waals surface area contributed by atoms with E-state index in [-0.39, 0.29) is 6.04 Å². The van der Waals surface area contributed by atoms with E-state index in [0.717, 1.165) is 24.0 Å². The molecule has 2 aliphatic rings. The number of fused-ring (bicyclic) bond motifs is 4. The standard InChI is InChI=1S/C17H17NO2S/c1-12-6-7-17-14(10-12)11-16-15-5-3-2-4-13(15)8-9-18(16)21(17,19)20/h2-7,10,16H,8-9,11H2,1H3. The van der Waals surface area contributed by atoms with E-state index in [2.05, 4.69) is 12.1 Å². The second-order valence-electron chi connectivity index (χ2n) is 5.90. The number of benzene rings is 2. The molecular formula is C17H17NO2S. The van der Waals surface area contributed by atoms with Gasteiger partial charge in [0, 0.05) is 6.54 Å². The summed E-state index contributed by atoms with van der Waals surface area (Å²) in [6.07, 6.45) is 1.57. The first kappa shape index (κ1) is 13.0. The van der Waals surface area contributed by atoms with Crippen LogP contribution >= 0.6 is 0 Å². The van der Waals surface area contributed by atoms with Crippen molar-refractivity contribution in [3.05, 3.63) is 64.7 Å². The van der Waals surface area contributed by atoms with Gasteiger partial charge in [-0.1, -0.05) is 42.0 Å². The monoisotopic (exact) mass is 299 g/mol. The van der Waals surface area contributed by atoms with Crippen LogP contribution in [-0.2, 0) is 22.9 Å². The molecule has 0 saturated carbocycles. The molecule has 3 nitrogen and oxygen atoms in total. The molecule has 2 heterocycles. The van der Waals surface area contributed by atoms with Crippen LogP contribution in [0.2, 0.25) is 0 Å². The van der Waals surface area contributed by atoms with Crippen LogP contribution in [0.25, 0.3) is 0 Å². The highest BCUT2D eigenvalue weighted by molar-refractivity contribution is 7.89. The van der Waals surface area contributed by atoms with Gasteiger partial charge < -0.3 is 0 Å². The molecule has 1 unspecified atom stereocenters. The van der Waals surface area contributed by atoms with Crippen molar-refractivity contribution in [2.24, 2.45) is 0 Å². The van der Waals surface area contributed by atoms with Gasteiger partial charge in [-0.2, -0.15) is 4.31 Å². The van der Waals surface area contributed by atoms with Crippen LogP contribution in [0.3, 0.4) is 0 Å². The molecule has 0 aliphatic carbocycles. The van der Waals surface area contributed by atoms with Crippen molar-refractivity contribution < 1.29 is 8.42 Å². The molecule has 1 atom stereocenters. The molecule has 4 rings (SSSR count). The molecule has 108 valence electrons. The van der Waals surface area contributed by atoms with Gasteiger partial charge in [0.05, 0.1) is 10.9 Å². The van der Waals surface area contributed by atoms with Crippen molar-refractivity contribution in [3.63, 3.8) is 0 Å². The van der Waals surface area contributed by atoms with Crippen LogP contribution in [0.15, 0.2) is 47.4 Å². The number of hydrogen-bond donors (Lipinski definition) is 0. The molecule has 0 aromatic heterocycles. The van der Waals surface area contributed by atoms with E-state index in [1.807, 2.05) is 31.2 Å². The highest BCUT2D eigenvalue weighted by Gasteiger charge is 2.41. The topological polar surface area (TPSA) is 37.4 Å². The highest BCUT2D eigenvalue weighted by atomic mass is 32.2. The zero-order valence-electron chi connectivity index (χ0n) is 11.9. The minimum atomic E-state index is -3.37. The molecule has 0 fully saturated rings. The molecular weight excluding hydrogens is 282 g/mol. The average Bonchev–Trinajstić information content (AvgIpc) is 2.46. The second kappa shape index (κ2) is 4.42. The third-order valence-electron chi connectivity index (χ3n) is 4.58. The summed E-state index contributed by atoms with van der Waals surface area (Å²) in [5, 5.41) is 0. The molecule has 0 radical (unpaired) electrons. The van der Waals surface area contributed by atoms with Crippen LogP contribution < -0.4 is 0 Å². The number of rotatable bonds is 0. The van der Waals surface area contributed by atoms with Crippen molar-refractivity contribution in [2.45, 2.75) is 30.7 Å². The summed E-state index contributed by atoms with van der Waals surface area (Å²) in [7, 11) is -3.37. The predicted molar refractivity (Wildman–Crippen MR) is 81.7 cm³/mol. The van der Waals surface area contributed by atoms with Gasteiger partial charge in [-0.25, -0.2) is 8.42 Å². The maximum Gasteiger partial charge on any atom is 0.243 e. The summed E-state index contributed by atoms with van der Waals surface area (Å²) in [6, 6.07) is 13.8. The highest BCUT2D eigenvalue weighted by Crippen LogP contribution is 2.41. The SMILES string of the molecule is Cc1ccc2c(c1)CC1c3ccccc3CCN1S2(=O)=O. The van der Waals surface area contributed by atoms with Crippen LogP contribution in [0.5, 0.6) is 0 Å². The fourth-order valence-corrected chi connectivity index (χ4v) is 5.40. The van der Waals surface area contributed by atoms with Gasteiger partial charge >= 0.3 is 0 Å². The Kier molecular flexibility index (Phi) is 2.75. The average molecular weight is 299 g/mol. The fraction of sp³-hybridized carbons (Fsp3) is 0.294. The van der Waals surface area contributed by atoms with Gasteiger partial charge in [0.2, 0.25) is 10.0 Å². The molecule has 2 aliphatic heterocycles. The fourth-order valence-electron chi connectivity index (χ4n) is 3.58. The van der Waals surface area contributed by atoms with Crippen molar-refractivity contribution in [2.75, 3.05) is 6.54 Å². The normalized spacial score (nSPS) is 23.0. The molecule has 0 amide bonds. The Balaban J connectivity index is 1.93. The molecule has 0 bridgehead atoms. The van der Waals surface area contributed by atoms with E-state index >= 15 is 0 Å². The van der Waals surface area contributed by atoms with E-state index in [1.54, 1.807) is 10.4 Å². The van der Waals surface area contributed by atoms with Crippen LogP contribution in [0, 0.1) is 6.92 Å². The van der Waals surface area contributed by atoms with Gasteiger partial charge in [-0.15, -0.1) is 0 Å². The zero-order chi connectivity index (χ0) is 14.6. The first-order valence-corrected chi connectivity index (χ1v) is 8.70. The largest absolute Gasteiger partial charge is 0.243 e. The predicted octanol–water partition coefficient (Wildman–Crippen LogP) is 2.84. The lowest BCUT2D eigenvalue weighted by molar-refractivity contribution is 0.294. The van der Waals surface area contributed by atoms with E-state index in [0.29, 0.717) is 11.4 Å². The third kappa shape index (κ3) is 1.86. The van der Waals surface area contributed by atoms with Crippen LogP contribution in [0.4, 0.5) is 0 Å². The second-order valence-corrected chi connectivity index (χ2v) is 7.75. The Labute approximate surface area is 125 Å². The minimum absolute atomic E-state index is 0.0470. The zero-order valence-corrected chi connectivity index (χ0v) is 12.7. The lowest BCUT2D eigenvalue weighted by Gasteiger charge is -2.40. The van der Waals surface area contributed by atoms with E-state index in [9.17, 15) is 8.42 Å². The van der Waals surface area contributed by atoms with E-state index in [1.165, 1.54) is 11.1 Å². The van der Waals surface area contributed by atoms with Gasteiger partial charge in [0.1, 0.15) is 0 Å². The molecule has 0 spiro atoms. The van der Waals surface area contributed by atoms with Gasteiger partial charge in [0.25, 0.3) is 0 Å². The van der Waals surface area contributed by atoms with Crippen molar-refractivity contribution in [1.82, 2.24) is 4.31 Å². The number of nitrogens with zero attached hydrogens (tertiary/aromatic N) is 1. The quantitative estimate of drug-likeness (QED) is 0.750. The first-order chi connectivity index (χ1) is 10.1. The first-order valence-electron chi connectivity index (χ1n) is 7.26. The lowest BCUT2D eigenvalue weighted by atomic mass is 9.90. The Morgan fingerprint density at radius 1 is 1.10 bits per heavy atom. The van der Waals surface area contributed by atoms with Gasteiger partial charge in [-0.3, -0.25) is 0 Å². The number of hydrogen-bond acceptors (Lipinski definition) is 2. The number of sulfonamides is 1. The Bertz CT molecular complexity index is 826. The molecule has 21 heavy (non-hydrogen) atoms. The summed E-state index contributed by atoms with van der Waals surface area (Å²) >= 11 is 0. The van der Waals surface area contributed by atoms with Crippen LogP contribution in [0.1, 0.15) is 28.3 Å². The molecule has 4 heteroatoms. The molecule has 0 saturated heterocycles. The number of aryl methyl sites for hydroxylation is 1. The summed E-state index contributed by atoms with van der Waals surface area (Å²) in [5.74, 6) is 0. The van der Waals surface area contributed by atoms with E-state index < -0.39 is 10.0 Å². The van der Waals surface area contributed by atoms with Crippen molar-refractivity contribution in [1.29, 1.82) is 0 Å². The van der Waals surface area contributed by atoms with Gasteiger partial charge in [0.15, 0.2) is 0 Å². The molecule has 0 N–H and O–H groups in total. The van der Waals surface area contributed by atoms with Crippen LogP contribution in [-0.4, -0.2) is 19.3 Å². The van der Waals surface area contributed by atoms with E-state index in [4.69, 9.17) is 0 Å². The maximum absolute atomic E-state index is 12.9. The van der Waals surface area contributed by atoms with Crippen molar-refractivity contribution >= 4 is 10.0 Å². The summed E-state index contributed by atoms with van der Waals surface area (Å²) in [6.45, 7) is 2.59. The summed E-state index contributed by atoms with van der Waals surface area (Å²) in [5.41, 5.74) is 4.51. The minimum Gasteiger partial charge on any atom is -0.207 e. The smallest absolute Gasteiger partial charge is 0.207 e.